The molecule has 0 spiro atoms. The Hall–Kier alpha value is -2.78. The summed E-state index contributed by atoms with van der Waals surface area (Å²) in [6, 6.07) is 11.9. The summed E-state index contributed by atoms with van der Waals surface area (Å²) in [7, 11) is 0. The quantitative estimate of drug-likeness (QED) is 0.723. The van der Waals surface area contributed by atoms with Gasteiger partial charge in [-0.3, -0.25) is 0 Å². The fourth-order valence-corrected chi connectivity index (χ4v) is 2.15. The molecule has 0 unspecified atom stereocenters. The number of hydrogen-bond donors (Lipinski definition) is 0. The minimum Gasteiger partial charge on any atom is -0.211 e. The Morgan fingerprint density at radius 2 is 1.77 bits per heavy atom. The van der Waals surface area contributed by atoms with Gasteiger partial charge in [-0.15, -0.1) is 5.10 Å². The smallest absolute Gasteiger partial charge is 0.191 e. The van der Waals surface area contributed by atoms with E-state index < -0.39 is 11.6 Å². The van der Waals surface area contributed by atoms with Crippen LogP contribution in [0.1, 0.15) is 5.69 Å². The van der Waals surface area contributed by atoms with Crippen molar-refractivity contribution in [1.82, 2.24) is 15.0 Å². The summed E-state index contributed by atoms with van der Waals surface area (Å²) in [4.78, 5) is 0. The normalized spacial score (nSPS) is 10.5. The van der Waals surface area contributed by atoms with Gasteiger partial charge in [0.15, 0.2) is 17.3 Å². The average molecular weight is 317 g/mol. The van der Waals surface area contributed by atoms with Crippen molar-refractivity contribution < 1.29 is 8.78 Å². The fourth-order valence-electron chi connectivity index (χ4n) is 2.02. The van der Waals surface area contributed by atoms with E-state index in [0.717, 1.165) is 12.1 Å². The molecule has 3 aromatic rings. The van der Waals surface area contributed by atoms with Gasteiger partial charge in [0, 0.05) is 10.6 Å². The van der Waals surface area contributed by atoms with Crippen molar-refractivity contribution in [2.75, 3.05) is 0 Å². The molecule has 0 aliphatic carbocycles. The number of nitrogens with zero attached hydrogens (tertiary/aromatic N) is 4. The molecule has 0 amide bonds. The van der Waals surface area contributed by atoms with Crippen LogP contribution in [0.2, 0.25) is 5.02 Å². The molecule has 22 heavy (non-hydrogen) atoms. The summed E-state index contributed by atoms with van der Waals surface area (Å²) in [5.74, 6) is -1.97. The summed E-state index contributed by atoms with van der Waals surface area (Å²) in [5.41, 5.74) is 1.19. The third kappa shape index (κ3) is 2.43. The molecule has 0 saturated carbocycles. The molecule has 2 aromatic carbocycles. The molecular weight excluding hydrogens is 310 g/mol. The Balaban J connectivity index is 2.21. The molecular formula is C15H7ClF2N4. The Bertz CT molecular complexity index is 882. The van der Waals surface area contributed by atoms with Crippen molar-refractivity contribution >= 4 is 11.6 Å². The predicted molar refractivity (Wildman–Crippen MR) is 76.4 cm³/mol. The molecule has 108 valence electrons. The highest BCUT2D eigenvalue weighted by atomic mass is 35.5. The van der Waals surface area contributed by atoms with Gasteiger partial charge in [-0.05, 0) is 42.5 Å². The van der Waals surface area contributed by atoms with Crippen LogP contribution in [0, 0.1) is 23.0 Å². The molecule has 0 atom stereocenters. The lowest BCUT2D eigenvalue weighted by Gasteiger charge is -2.07. The summed E-state index contributed by atoms with van der Waals surface area (Å²) in [6.07, 6.45) is 0. The molecule has 0 bridgehead atoms. The van der Waals surface area contributed by atoms with Crippen LogP contribution in [-0.2, 0) is 0 Å². The van der Waals surface area contributed by atoms with Gasteiger partial charge in [-0.1, -0.05) is 16.8 Å². The van der Waals surface area contributed by atoms with Crippen LogP contribution in [0.5, 0.6) is 0 Å². The minimum absolute atomic E-state index is 0.0148. The van der Waals surface area contributed by atoms with E-state index in [4.69, 9.17) is 16.9 Å². The molecule has 0 saturated heterocycles. The summed E-state index contributed by atoms with van der Waals surface area (Å²) < 4.78 is 27.9. The number of nitriles is 1. The second-order valence-electron chi connectivity index (χ2n) is 4.42. The molecule has 1 aromatic heterocycles. The third-order valence-corrected chi connectivity index (χ3v) is 3.29. The van der Waals surface area contributed by atoms with Gasteiger partial charge >= 0.3 is 0 Å². The van der Waals surface area contributed by atoms with Gasteiger partial charge in [0.05, 0.1) is 5.69 Å². The molecule has 0 radical (unpaired) electrons. The van der Waals surface area contributed by atoms with Crippen molar-refractivity contribution in [1.29, 1.82) is 5.26 Å². The van der Waals surface area contributed by atoms with Crippen LogP contribution in [0.4, 0.5) is 8.78 Å². The number of halogens is 3. The minimum atomic E-state index is -1.01. The van der Waals surface area contributed by atoms with E-state index in [-0.39, 0.29) is 11.4 Å². The zero-order valence-electron chi connectivity index (χ0n) is 11.0. The third-order valence-electron chi connectivity index (χ3n) is 3.04. The highest BCUT2D eigenvalue weighted by Crippen LogP contribution is 2.26. The Morgan fingerprint density at radius 3 is 2.41 bits per heavy atom. The van der Waals surface area contributed by atoms with Gasteiger partial charge in [0.25, 0.3) is 0 Å². The van der Waals surface area contributed by atoms with Gasteiger partial charge in [-0.25, -0.2) is 13.5 Å². The van der Waals surface area contributed by atoms with Crippen LogP contribution in [0.15, 0.2) is 42.5 Å². The number of benzene rings is 2. The molecule has 7 heteroatoms. The lowest BCUT2D eigenvalue weighted by molar-refractivity contribution is 0.509. The molecule has 0 aliphatic rings. The molecule has 3 rings (SSSR count). The van der Waals surface area contributed by atoms with Gasteiger partial charge < -0.3 is 0 Å². The summed E-state index contributed by atoms with van der Waals surface area (Å²) in [6.45, 7) is 0. The van der Waals surface area contributed by atoms with Crippen LogP contribution < -0.4 is 0 Å². The zero-order valence-corrected chi connectivity index (χ0v) is 11.7. The van der Waals surface area contributed by atoms with Gasteiger partial charge in [-0.2, -0.15) is 5.26 Å². The first-order chi connectivity index (χ1) is 10.6. The summed E-state index contributed by atoms with van der Waals surface area (Å²) >= 11 is 5.84. The van der Waals surface area contributed by atoms with Crippen molar-refractivity contribution in [2.45, 2.75) is 0 Å². The summed E-state index contributed by atoms with van der Waals surface area (Å²) in [5, 5.41) is 17.4. The monoisotopic (exact) mass is 316 g/mol. The van der Waals surface area contributed by atoms with Crippen LogP contribution >= 0.6 is 11.6 Å². The molecule has 0 aliphatic heterocycles. The van der Waals surface area contributed by atoms with Crippen molar-refractivity contribution in [2.24, 2.45) is 0 Å². The highest BCUT2D eigenvalue weighted by molar-refractivity contribution is 6.30. The Kier molecular flexibility index (Phi) is 3.57. The van der Waals surface area contributed by atoms with E-state index in [0.29, 0.717) is 16.3 Å². The Morgan fingerprint density at radius 1 is 1.05 bits per heavy atom. The van der Waals surface area contributed by atoms with Gasteiger partial charge in [0.2, 0.25) is 0 Å². The first-order valence-electron chi connectivity index (χ1n) is 6.17. The van der Waals surface area contributed by atoms with Crippen molar-refractivity contribution in [3.05, 3.63) is 64.8 Å². The maximum atomic E-state index is 13.5. The van der Waals surface area contributed by atoms with Crippen LogP contribution in [-0.4, -0.2) is 15.0 Å². The van der Waals surface area contributed by atoms with Crippen LogP contribution in [0.25, 0.3) is 16.9 Å². The molecule has 0 fully saturated rings. The number of hydrogen-bond acceptors (Lipinski definition) is 3. The van der Waals surface area contributed by atoms with E-state index >= 15 is 0 Å². The number of aromatic nitrogens is 3. The van der Waals surface area contributed by atoms with Gasteiger partial charge in [0.1, 0.15) is 11.8 Å². The first kappa shape index (κ1) is 14.2. The fraction of sp³-hybridized carbons (Fsp3) is 0. The average Bonchev–Trinajstić information content (AvgIpc) is 2.94. The molecule has 0 N–H and O–H groups in total. The van der Waals surface area contributed by atoms with Crippen molar-refractivity contribution in [3.8, 4) is 23.0 Å². The maximum Gasteiger partial charge on any atom is 0.191 e. The lowest BCUT2D eigenvalue weighted by atomic mass is 10.1. The second kappa shape index (κ2) is 5.54. The largest absolute Gasteiger partial charge is 0.211 e. The molecule has 1 heterocycles. The van der Waals surface area contributed by atoms with E-state index in [9.17, 15) is 8.78 Å². The predicted octanol–water partition coefficient (Wildman–Crippen LogP) is 3.74. The molecule has 4 nitrogen and oxygen atoms in total. The second-order valence-corrected chi connectivity index (χ2v) is 4.85. The van der Waals surface area contributed by atoms with Crippen molar-refractivity contribution in [3.63, 3.8) is 0 Å². The highest BCUT2D eigenvalue weighted by Gasteiger charge is 2.17. The Labute approximate surface area is 129 Å². The van der Waals surface area contributed by atoms with E-state index in [2.05, 4.69) is 10.3 Å². The number of rotatable bonds is 2. The maximum absolute atomic E-state index is 13.5. The lowest BCUT2D eigenvalue weighted by Crippen LogP contribution is -2.00. The van der Waals surface area contributed by atoms with E-state index in [1.165, 1.54) is 10.7 Å². The van der Waals surface area contributed by atoms with Crippen LogP contribution in [0.3, 0.4) is 0 Å². The van der Waals surface area contributed by atoms with E-state index in [1.807, 2.05) is 6.07 Å². The first-order valence-corrected chi connectivity index (χ1v) is 6.55. The zero-order chi connectivity index (χ0) is 15.7. The topological polar surface area (TPSA) is 54.5 Å². The standard InChI is InChI=1S/C15H7ClF2N4/c16-10-2-4-11(5-3-10)22-15(14(8-19)20-21-22)9-1-6-12(17)13(18)7-9/h1-7H. The SMILES string of the molecule is N#Cc1nnn(-c2ccc(Cl)cc2)c1-c1ccc(F)c(F)c1. The van der Waals surface area contributed by atoms with E-state index in [1.54, 1.807) is 24.3 Å².